The topological polar surface area (TPSA) is 80.8 Å². The van der Waals surface area contributed by atoms with E-state index in [4.69, 9.17) is 39.5 Å². The minimum absolute atomic E-state index is 0.183. The lowest BCUT2D eigenvalue weighted by Gasteiger charge is -2.47. The highest BCUT2D eigenvalue weighted by atomic mass is 35.5. The molecule has 0 radical (unpaired) electrons. The van der Waals surface area contributed by atoms with Crippen LogP contribution in [0.5, 0.6) is 0 Å². The zero-order valence-corrected chi connectivity index (χ0v) is 20.9. The molecular weight excluding hydrogens is 509 g/mol. The molecular formula is C23H20Cl3NO5S. The SMILES string of the molecule is C/C(=C/C(=O)c1ccc2c(c1)COC21CN(C(=O)CS(C)(=O)=O)C1)c1cc(Cl)c(Cl)c(Cl)c1. The van der Waals surface area contributed by atoms with Gasteiger partial charge in [-0.1, -0.05) is 46.9 Å². The molecule has 6 nitrogen and oxygen atoms in total. The van der Waals surface area contributed by atoms with Crippen molar-refractivity contribution in [1.82, 2.24) is 4.90 Å². The number of halogens is 3. The Morgan fingerprint density at radius 2 is 1.73 bits per heavy atom. The number of sulfone groups is 1. The van der Waals surface area contributed by atoms with Gasteiger partial charge in [0.25, 0.3) is 0 Å². The first-order chi connectivity index (χ1) is 15.4. The minimum atomic E-state index is -3.39. The predicted octanol–water partition coefficient (Wildman–Crippen LogP) is 4.55. The molecule has 1 amide bonds. The summed E-state index contributed by atoms with van der Waals surface area (Å²) in [6.45, 7) is 2.68. The van der Waals surface area contributed by atoms with E-state index < -0.39 is 27.1 Å². The monoisotopic (exact) mass is 527 g/mol. The van der Waals surface area contributed by atoms with Crippen LogP contribution in [0.15, 0.2) is 36.4 Å². The van der Waals surface area contributed by atoms with Crippen molar-refractivity contribution >= 4 is 61.9 Å². The van der Waals surface area contributed by atoms with Crippen molar-refractivity contribution in [2.24, 2.45) is 0 Å². The van der Waals surface area contributed by atoms with E-state index in [-0.39, 0.29) is 10.8 Å². The summed E-state index contributed by atoms with van der Waals surface area (Å²) in [5.41, 5.74) is 3.03. The first-order valence-corrected chi connectivity index (χ1v) is 13.2. The van der Waals surface area contributed by atoms with E-state index in [1.807, 2.05) is 6.07 Å². The number of allylic oxidation sites excluding steroid dienone is 2. The molecule has 0 N–H and O–H groups in total. The molecule has 2 aliphatic heterocycles. The molecule has 2 aromatic carbocycles. The Hall–Kier alpha value is -1.90. The molecule has 2 heterocycles. The molecule has 1 saturated heterocycles. The Labute approximate surface area is 207 Å². The maximum Gasteiger partial charge on any atom is 0.237 e. The van der Waals surface area contributed by atoms with Crippen LogP contribution in [-0.4, -0.2) is 50.1 Å². The molecule has 0 aromatic heterocycles. The van der Waals surface area contributed by atoms with Crippen LogP contribution in [0.1, 0.15) is 34.0 Å². The van der Waals surface area contributed by atoms with E-state index in [9.17, 15) is 18.0 Å². The van der Waals surface area contributed by atoms with Crippen LogP contribution in [0, 0.1) is 0 Å². The van der Waals surface area contributed by atoms with Gasteiger partial charge in [0.1, 0.15) is 11.4 Å². The van der Waals surface area contributed by atoms with E-state index in [0.29, 0.717) is 46.4 Å². The lowest BCUT2D eigenvalue weighted by molar-refractivity contribution is -0.166. The Kier molecular flexibility index (Phi) is 6.39. The summed E-state index contributed by atoms with van der Waals surface area (Å²) in [5.74, 6) is -1.13. The summed E-state index contributed by atoms with van der Waals surface area (Å²) >= 11 is 18.2. The predicted molar refractivity (Wildman–Crippen MR) is 129 cm³/mol. The average Bonchev–Trinajstić information content (AvgIpc) is 3.08. The molecule has 0 unspecified atom stereocenters. The molecule has 1 spiro atoms. The van der Waals surface area contributed by atoms with E-state index >= 15 is 0 Å². The van der Waals surface area contributed by atoms with Crippen molar-refractivity contribution in [3.05, 3.63) is 73.7 Å². The molecule has 10 heteroatoms. The average molecular weight is 529 g/mol. The third kappa shape index (κ3) is 4.84. The first kappa shape index (κ1) is 24.2. The standard InChI is InChI=1S/C23H20Cl3NO5S/c1-13(15-7-18(24)22(26)19(25)8-15)5-20(28)14-3-4-17-16(6-14)9-32-23(17)11-27(12-23)21(29)10-33(2,30)31/h3-8H,9-12H2,1-2H3/b13-5-. The van der Waals surface area contributed by atoms with Crippen LogP contribution in [0.2, 0.25) is 15.1 Å². The number of hydrogen-bond donors (Lipinski definition) is 0. The number of carbonyl (C=O) groups excluding carboxylic acids is 2. The summed E-state index contributed by atoms with van der Waals surface area (Å²) in [6, 6.07) is 8.67. The molecule has 33 heavy (non-hydrogen) atoms. The van der Waals surface area contributed by atoms with Gasteiger partial charge in [-0.25, -0.2) is 8.42 Å². The van der Waals surface area contributed by atoms with Gasteiger partial charge in [0.2, 0.25) is 5.91 Å². The van der Waals surface area contributed by atoms with E-state index in [1.54, 1.807) is 31.2 Å². The van der Waals surface area contributed by atoms with Gasteiger partial charge in [0.05, 0.1) is 34.8 Å². The number of nitrogens with zero attached hydrogens (tertiary/aromatic N) is 1. The van der Waals surface area contributed by atoms with Crippen LogP contribution in [-0.2, 0) is 31.6 Å². The van der Waals surface area contributed by atoms with Gasteiger partial charge in [0, 0.05) is 11.8 Å². The fourth-order valence-electron chi connectivity index (χ4n) is 4.07. The minimum Gasteiger partial charge on any atom is -0.362 e. The number of ether oxygens (including phenoxy) is 1. The number of amides is 1. The summed E-state index contributed by atoms with van der Waals surface area (Å²) in [6.07, 6.45) is 2.55. The lowest BCUT2D eigenvalue weighted by atomic mass is 9.84. The number of hydrogen-bond acceptors (Lipinski definition) is 5. The molecule has 0 atom stereocenters. The number of fused-ring (bicyclic) bond motifs is 2. The molecule has 174 valence electrons. The smallest absolute Gasteiger partial charge is 0.237 e. The second-order valence-corrected chi connectivity index (χ2v) is 11.8. The third-order valence-corrected chi connectivity index (χ3v) is 7.77. The van der Waals surface area contributed by atoms with E-state index in [0.717, 1.165) is 17.4 Å². The quantitative estimate of drug-likeness (QED) is 0.323. The molecule has 0 saturated carbocycles. The summed E-state index contributed by atoms with van der Waals surface area (Å²) in [4.78, 5) is 26.5. The van der Waals surface area contributed by atoms with Crippen molar-refractivity contribution in [2.75, 3.05) is 25.1 Å². The normalized spacial score (nSPS) is 17.1. The molecule has 2 aliphatic rings. The van der Waals surface area contributed by atoms with Gasteiger partial charge in [-0.3, -0.25) is 9.59 Å². The fourth-order valence-corrected chi connectivity index (χ4v) is 5.30. The third-order valence-electron chi connectivity index (χ3n) is 5.80. The van der Waals surface area contributed by atoms with Crippen LogP contribution in [0.25, 0.3) is 5.57 Å². The first-order valence-electron chi connectivity index (χ1n) is 9.99. The van der Waals surface area contributed by atoms with Crippen molar-refractivity contribution in [3.63, 3.8) is 0 Å². The highest BCUT2D eigenvalue weighted by molar-refractivity contribution is 7.91. The van der Waals surface area contributed by atoms with Crippen molar-refractivity contribution < 1.29 is 22.7 Å². The number of ketones is 1. The van der Waals surface area contributed by atoms with Crippen LogP contribution >= 0.6 is 34.8 Å². The second kappa shape index (κ2) is 8.71. The largest absolute Gasteiger partial charge is 0.362 e. The van der Waals surface area contributed by atoms with Gasteiger partial charge in [-0.2, -0.15) is 0 Å². The van der Waals surface area contributed by atoms with Crippen LogP contribution in [0.3, 0.4) is 0 Å². The van der Waals surface area contributed by atoms with Gasteiger partial charge >= 0.3 is 0 Å². The number of rotatable bonds is 5. The lowest BCUT2D eigenvalue weighted by Crippen LogP contribution is -2.62. The van der Waals surface area contributed by atoms with Crippen molar-refractivity contribution in [1.29, 1.82) is 0 Å². The number of likely N-dealkylation sites (tertiary alicyclic amines) is 1. The Bertz CT molecular complexity index is 1290. The Balaban J connectivity index is 1.50. The van der Waals surface area contributed by atoms with Crippen LogP contribution < -0.4 is 0 Å². The molecule has 2 aromatic rings. The van der Waals surface area contributed by atoms with Crippen LogP contribution in [0.4, 0.5) is 0 Å². The summed E-state index contributed by atoms with van der Waals surface area (Å²) in [7, 11) is -3.39. The molecule has 0 aliphatic carbocycles. The highest BCUT2D eigenvalue weighted by Gasteiger charge is 2.51. The van der Waals surface area contributed by atoms with Gasteiger partial charge in [-0.05, 0) is 53.5 Å². The van der Waals surface area contributed by atoms with Crippen molar-refractivity contribution in [2.45, 2.75) is 19.1 Å². The van der Waals surface area contributed by atoms with Gasteiger partial charge in [-0.15, -0.1) is 0 Å². The van der Waals surface area contributed by atoms with Crippen molar-refractivity contribution in [3.8, 4) is 0 Å². The molecule has 1 fully saturated rings. The number of carbonyl (C=O) groups is 2. The van der Waals surface area contributed by atoms with Gasteiger partial charge < -0.3 is 9.64 Å². The fraction of sp³-hybridized carbons (Fsp3) is 0.304. The molecule has 0 bridgehead atoms. The van der Waals surface area contributed by atoms with Gasteiger partial charge in [0.15, 0.2) is 15.6 Å². The maximum atomic E-state index is 12.9. The zero-order chi connectivity index (χ0) is 24.1. The highest BCUT2D eigenvalue weighted by Crippen LogP contribution is 2.44. The second-order valence-electron chi connectivity index (χ2n) is 8.42. The Morgan fingerprint density at radius 1 is 1.09 bits per heavy atom. The summed E-state index contributed by atoms with van der Waals surface area (Å²) in [5, 5.41) is 0.883. The zero-order valence-electron chi connectivity index (χ0n) is 17.8. The van der Waals surface area contributed by atoms with E-state index in [1.165, 1.54) is 11.0 Å². The van der Waals surface area contributed by atoms with E-state index in [2.05, 4.69) is 0 Å². The molecule has 4 rings (SSSR count). The maximum absolute atomic E-state index is 12.9. The Morgan fingerprint density at radius 3 is 2.33 bits per heavy atom. The summed E-state index contributed by atoms with van der Waals surface area (Å²) < 4.78 is 28.7. The number of benzene rings is 2.